The van der Waals surface area contributed by atoms with Crippen LogP contribution in [0.1, 0.15) is 17.7 Å². The first kappa shape index (κ1) is 17.7. The van der Waals surface area contributed by atoms with Gasteiger partial charge in [0, 0.05) is 23.5 Å². The van der Waals surface area contributed by atoms with Gasteiger partial charge in [-0.15, -0.1) is 11.3 Å². The Morgan fingerprint density at radius 2 is 1.85 bits per heavy atom. The Morgan fingerprint density at radius 3 is 2.54 bits per heavy atom. The zero-order valence-corrected chi connectivity index (χ0v) is 16.9. The molecule has 1 aliphatic rings. The van der Waals surface area contributed by atoms with Gasteiger partial charge < -0.3 is 9.80 Å². The Bertz CT molecular complexity index is 916. The van der Waals surface area contributed by atoms with Crippen molar-refractivity contribution in [3.8, 4) is 11.1 Å². The van der Waals surface area contributed by atoms with Crippen LogP contribution < -0.4 is 4.90 Å². The summed E-state index contributed by atoms with van der Waals surface area (Å²) >= 11 is 7.98. The quantitative estimate of drug-likeness (QED) is 0.602. The van der Waals surface area contributed by atoms with Gasteiger partial charge in [-0.2, -0.15) is 4.98 Å². The van der Waals surface area contributed by atoms with Crippen LogP contribution in [-0.2, 0) is 0 Å². The third kappa shape index (κ3) is 3.20. The van der Waals surface area contributed by atoms with Crippen molar-refractivity contribution in [2.24, 2.45) is 0 Å². The van der Waals surface area contributed by atoms with Gasteiger partial charge >= 0.3 is 0 Å². The molecular weight excluding hydrogens is 364 g/mol. The number of hydrogen-bond acceptors (Lipinski definition) is 5. The second kappa shape index (κ2) is 7.14. The average Bonchev–Trinajstić information content (AvgIpc) is 2.97. The van der Waals surface area contributed by atoms with Crippen molar-refractivity contribution in [3.63, 3.8) is 0 Å². The van der Waals surface area contributed by atoms with Crippen molar-refractivity contribution in [3.05, 3.63) is 40.5 Å². The van der Waals surface area contributed by atoms with E-state index in [-0.39, 0.29) is 0 Å². The molecule has 3 aromatic rings. The van der Waals surface area contributed by atoms with Crippen LogP contribution in [0.25, 0.3) is 21.3 Å². The van der Waals surface area contributed by atoms with E-state index in [2.05, 4.69) is 65.1 Å². The van der Waals surface area contributed by atoms with E-state index in [1.165, 1.54) is 16.0 Å². The minimum atomic E-state index is 0.327. The van der Waals surface area contributed by atoms with Gasteiger partial charge in [0.1, 0.15) is 10.6 Å². The van der Waals surface area contributed by atoms with E-state index in [0.29, 0.717) is 11.3 Å². The molecule has 0 N–H and O–H groups in total. The van der Waals surface area contributed by atoms with E-state index in [9.17, 15) is 0 Å². The highest BCUT2D eigenvalue weighted by Gasteiger charge is 2.26. The molecular formula is C20H23ClN4S. The molecule has 0 atom stereocenters. The minimum absolute atomic E-state index is 0.327. The summed E-state index contributed by atoms with van der Waals surface area (Å²) in [5.41, 5.74) is 2.44. The Balaban J connectivity index is 1.86. The summed E-state index contributed by atoms with van der Waals surface area (Å²) in [6.07, 6.45) is 2.28. The molecule has 0 bridgehead atoms. The van der Waals surface area contributed by atoms with Crippen LogP contribution >= 0.6 is 22.9 Å². The molecule has 0 spiro atoms. The van der Waals surface area contributed by atoms with Gasteiger partial charge in [0.05, 0.1) is 5.39 Å². The molecule has 0 radical (unpaired) electrons. The van der Waals surface area contributed by atoms with E-state index in [4.69, 9.17) is 11.6 Å². The van der Waals surface area contributed by atoms with Crippen molar-refractivity contribution in [2.45, 2.75) is 25.8 Å². The van der Waals surface area contributed by atoms with Crippen LogP contribution in [0.15, 0.2) is 30.3 Å². The number of nitrogens with zero attached hydrogens (tertiary/aromatic N) is 4. The fraction of sp³-hybridized carbons (Fsp3) is 0.400. The molecule has 0 aliphatic carbocycles. The summed E-state index contributed by atoms with van der Waals surface area (Å²) in [5, 5.41) is 1.46. The van der Waals surface area contributed by atoms with E-state index in [1.54, 1.807) is 11.3 Å². The van der Waals surface area contributed by atoms with Crippen molar-refractivity contribution in [1.82, 2.24) is 14.9 Å². The Morgan fingerprint density at radius 1 is 1.15 bits per heavy atom. The number of thiophene rings is 1. The number of rotatable bonds is 3. The lowest BCUT2D eigenvalue weighted by molar-refractivity contribution is 0.252. The number of anilines is 1. The van der Waals surface area contributed by atoms with Crippen LogP contribution in [0.4, 0.5) is 5.82 Å². The highest BCUT2D eigenvalue weighted by molar-refractivity contribution is 7.19. The summed E-state index contributed by atoms with van der Waals surface area (Å²) < 4.78 is 0. The minimum Gasteiger partial charge on any atom is -0.356 e. The Kier molecular flexibility index (Phi) is 4.86. The summed E-state index contributed by atoms with van der Waals surface area (Å²) in [7, 11) is 4.33. The molecule has 1 saturated heterocycles. The molecule has 1 fully saturated rings. The molecule has 0 unspecified atom stereocenters. The van der Waals surface area contributed by atoms with Gasteiger partial charge in [-0.25, -0.2) is 4.98 Å². The number of fused-ring (bicyclic) bond motifs is 1. The van der Waals surface area contributed by atoms with Gasteiger partial charge in [0.15, 0.2) is 0 Å². The monoisotopic (exact) mass is 386 g/mol. The molecule has 3 heterocycles. The normalized spacial score (nSPS) is 16.3. The molecule has 2 aromatic heterocycles. The first-order valence-electron chi connectivity index (χ1n) is 8.98. The highest BCUT2D eigenvalue weighted by atomic mass is 35.5. The lowest BCUT2D eigenvalue weighted by Crippen LogP contribution is -2.42. The standard InChI is InChI=1S/C20H23ClN4S/c1-13-16(14-7-5-4-6-8-14)17-18(22-20(21)23-19(17)26-13)25(3)15-9-11-24(2)12-10-15/h4-8,15H,9-12H2,1-3H3. The fourth-order valence-electron chi connectivity index (χ4n) is 3.83. The number of aromatic nitrogens is 2. The molecule has 4 rings (SSSR count). The van der Waals surface area contributed by atoms with Crippen molar-refractivity contribution in [1.29, 1.82) is 0 Å². The maximum absolute atomic E-state index is 6.29. The molecule has 1 aliphatic heterocycles. The first-order valence-corrected chi connectivity index (χ1v) is 10.2. The predicted molar refractivity (Wildman–Crippen MR) is 112 cm³/mol. The van der Waals surface area contributed by atoms with E-state index >= 15 is 0 Å². The molecule has 136 valence electrons. The fourth-order valence-corrected chi connectivity index (χ4v) is 5.09. The van der Waals surface area contributed by atoms with Crippen LogP contribution in [0.5, 0.6) is 0 Å². The SMILES string of the molecule is Cc1sc2nc(Cl)nc(N(C)C3CCN(C)CC3)c2c1-c1ccccc1. The zero-order valence-electron chi connectivity index (χ0n) is 15.4. The largest absolute Gasteiger partial charge is 0.356 e. The molecule has 26 heavy (non-hydrogen) atoms. The Labute approximate surface area is 163 Å². The van der Waals surface area contributed by atoms with Crippen molar-refractivity contribution in [2.75, 3.05) is 32.1 Å². The van der Waals surface area contributed by atoms with Crippen molar-refractivity contribution < 1.29 is 0 Å². The molecule has 1 aromatic carbocycles. The third-order valence-electron chi connectivity index (χ3n) is 5.31. The number of halogens is 1. The number of aryl methyl sites for hydroxylation is 1. The van der Waals surface area contributed by atoms with Gasteiger partial charge in [0.25, 0.3) is 0 Å². The van der Waals surface area contributed by atoms with Gasteiger partial charge in [-0.05, 0) is 57.1 Å². The van der Waals surface area contributed by atoms with Gasteiger partial charge in [-0.3, -0.25) is 0 Å². The molecule has 0 amide bonds. The lowest BCUT2D eigenvalue weighted by Gasteiger charge is -2.36. The average molecular weight is 387 g/mol. The van der Waals surface area contributed by atoms with Crippen LogP contribution in [0.2, 0.25) is 5.28 Å². The lowest BCUT2D eigenvalue weighted by atomic mass is 10.0. The maximum Gasteiger partial charge on any atom is 0.225 e. The van der Waals surface area contributed by atoms with Crippen LogP contribution in [-0.4, -0.2) is 48.1 Å². The van der Waals surface area contributed by atoms with Crippen LogP contribution in [0.3, 0.4) is 0 Å². The smallest absolute Gasteiger partial charge is 0.225 e. The van der Waals surface area contributed by atoms with E-state index < -0.39 is 0 Å². The number of piperidine rings is 1. The molecule has 6 heteroatoms. The second-order valence-corrected chi connectivity index (χ2v) is 8.58. The topological polar surface area (TPSA) is 32.3 Å². The third-order valence-corrected chi connectivity index (χ3v) is 6.48. The van der Waals surface area contributed by atoms with E-state index in [0.717, 1.165) is 42.0 Å². The highest BCUT2D eigenvalue weighted by Crippen LogP contribution is 2.42. The molecule has 0 saturated carbocycles. The summed E-state index contributed by atoms with van der Waals surface area (Å²) in [5.74, 6) is 0.956. The first-order chi connectivity index (χ1) is 12.5. The number of benzene rings is 1. The summed E-state index contributed by atoms with van der Waals surface area (Å²) in [4.78, 5) is 16.1. The zero-order chi connectivity index (χ0) is 18.3. The predicted octanol–water partition coefficient (Wildman–Crippen LogP) is 4.85. The summed E-state index contributed by atoms with van der Waals surface area (Å²) in [6, 6.07) is 11.0. The maximum atomic E-state index is 6.29. The van der Waals surface area contributed by atoms with Crippen molar-refractivity contribution >= 4 is 39.0 Å². The number of hydrogen-bond donors (Lipinski definition) is 0. The summed E-state index contributed by atoms with van der Waals surface area (Å²) in [6.45, 7) is 4.39. The van der Waals surface area contributed by atoms with Gasteiger partial charge in [-0.1, -0.05) is 30.3 Å². The van der Waals surface area contributed by atoms with Crippen LogP contribution in [0, 0.1) is 6.92 Å². The number of likely N-dealkylation sites (tertiary alicyclic amines) is 1. The second-order valence-electron chi connectivity index (χ2n) is 7.04. The van der Waals surface area contributed by atoms with Gasteiger partial charge in [0.2, 0.25) is 5.28 Å². The van der Waals surface area contributed by atoms with E-state index in [1.807, 2.05) is 6.07 Å². The molecule has 4 nitrogen and oxygen atoms in total. The Hall–Kier alpha value is -1.69.